The van der Waals surface area contributed by atoms with E-state index >= 15 is 0 Å². The molecule has 0 bridgehead atoms. The molecule has 37 nitrogen and oxygen atoms in total. The predicted octanol–water partition coefficient (Wildman–Crippen LogP) is 18.1. The number of para-hydroxylation sites is 4. The van der Waals surface area contributed by atoms with Crippen molar-refractivity contribution < 1.29 is 95.5 Å². The summed E-state index contributed by atoms with van der Waals surface area (Å²) in [7, 11) is -1.39. The number of benzene rings is 9. The van der Waals surface area contributed by atoms with Crippen LogP contribution in [0.25, 0.3) is 43.6 Å². The van der Waals surface area contributed by atoms with Crippen molar-refractivity contribution in [2.75, 3.05) is 185 Å². The summed E-state index contributed by atoms with van der Waals surface area (Å²) in [5, 5.41) is 21.2. The van der Waals surface area contributed by atoms with Crippen molar-refractivity contribution in [3.05, 3.63) is 182 Å². The highest BCUT2D eigenvalue weighted by Gasteiger charge is 2.23. The first-order valence-electron chi connectivity index (χ1n) is 40.8. The van der Waals surface area contributed by atoms with E-state index in [-0.39, 0.29) is 43.2 Å². The molecule has 0 spiro atoms. The van der Waals surface area contributed by atoms with Crippen LogP contribution in [0.4, 0.5) is 76.9 Å². The van der Waals surface area contributed by atoms with Crippen molar-refractivity contribution in [3.63, 3.8) is 0 Å². The first-order valence-corrected chi connectivity index (χ1v) is 53.9. The first kappa shape index (κ1) is 122. The molecule has 0 aliphatic rings. The van der Waals surface area contributed by atoms with Gasteiger partial charge in [0.05, 0.1) is 170 Å². The Morgan fingerprint density at radius 3 is 1.15 bits per heavy atom. The zero-order valence-corrected chi connectivity index (χ0v) is 92.6. The quantitative estimate of drug-likeness (QED) is 0.00631. The number of amides is 5. The van der Waals surface area contributed by atoms with Crippen LogP contribution in [0.2, 0.25) is 5.02 Å². The molecular formula is C88H112Cl4I4N16O21S4. The van der Waals surface area contributed by atoms with E-state index in [1.807, 2.05) is 124 Å². The lowest BCUT2D eigenvalue weighted by atomic mass is 10.0. The number of hydrogen-bond acceptors (Lipinski definition) is 29. The van der Waals surface area contributed by atoms with Gasteiger partial charge in [0.2, 0.25) is 39.1 Å². The number of nitrogens with two attached hydrogens (primary N) is 3. The van der Waals surface area contributed by atoms with Gasteiger partial charge in [-0.15, -0.1) is 24.8 Å². The van der Waals surface area contributed by atoms with Gasteiger partial charge in [-0.3, -0.25) is 39.7 Å². The molecule has 0 saturated heterocycles. The zero-order valence-electron chi connectivity index (χ0n) is 77.5. The monoisotopic (exact) mass is 2500 g/mol. The highest BCUT2D eigenvalue weighted by Crippen LogP contribution is 2.42. The molecule has 5 amide bonds. The number of halogens is 8. The highest BCUT2D eigenvalue weighted by molar-refractivity contribution is 14.1. The van der Waals surface area contributed by atoms with Gasteiger partial charge in [0.1, 0.15) is 28.7 Å². The Labute approximate surface area is 874 Å². The number of hydrogen-bond donors (Lipinski definition) is 12. The van der Waals surface area contributed by atoms with Crippen molar-refractivity contribution in [1.29, 1.82) is 0 Å². The number of aromatic nitrogens is 2. The first-order chi connectivity index (χ1) is 63.6. The summed E-state index contributed by atoms with van der Waals surface area (Å²) in [4.78, 5) is 73.8. The van der Waals surface area contributed by atoms with Crippen molar-refractivity contribution >= 4 is 313 Å². The number of carbonyl (C=O) groups is 5. The summed E-state index contributed by atoms with van der Waals surface area (Å²) in [5.41, 5.74) is 26.6. The van der Waals surface area contributed by atoms with Crippen molar-refractivity contribution in [2.24, 2.45) is 0 Å². The maximum atomic E-state index is 13.3. The number of pyridine rings is 2. The number of rotatable bonds is 31. The maximum absolute atomic E-state index is 13.3. The number of nitrogens with one attached hydrogen (secondary N) is 9. The topological polar surface area (TPSA) is 514 Å². The van der Waals surface area contributed by atoms with Crippen LogP contribution in [0.5, 0.6) is 28.7 Å². The number of nitrogens with zero attached hydrogens (tertiary/aromatic N) is 4. The Balaban J connectivity index is 0.000000434. The minimum Gasteiger partial charge on any atom is -0.495 e. The molecule has 0 unspecified atom stereocenters. The standard InChI is InChI=1S/C28H32IN5O4S.C20H22ClN3O.C11H15IN2O5S.C10H13IN2O3.C10H14N2O3.C8H11IN2O3S.CH3ClO2S.2ClH/c1-5-34(6-2)15-14-30-28(35)20-12-9-11-19-26(18-10-7-8-13-22(18)31-27(19)20)32-24-16-21(29)23(17-25(24)38-3)33-39(4,36)37;1-3-24(4-2)13-12-22-20(25)16-10-7-9-15-18(21)14-8-5-6-11-17(14)23-19(15)16;1-4-19-11(15)13-9-5-7(12)8(6-10(9)18-2)14-20(3,16)17;1-3-16-10(14)13-8-4-6(11)7(12)5-9(8)15-2;1-3-15-10(13)12-8-5-4-7(11)6-9(8)14-2;1-14-8-4-7(11-15(2,12)13)5(9)3-6(8)10;1-5(2,3)4;;/h7-13,16-17,33H,5-6,14-15H2,1-4H3,(H,30,35)(H,31,32);5-11H,3-4,12-13H2,1-2H3,(H,22,25);5-6,14H,4H2,1-3H3,(H,13,15);4-5H,3,12H2,1-2H3,(H,13,14);4-6H,3,11H2,1-2H3,(H,12,13);3-4,11H,10H2,1-2H3;1H3;2*1H. The molecule has 9 aromatic carbocycles. The van der Waals surface area contributed by atoms with E-state index in [2.05, 4.69) is 144 Å². The van der Waals surface area contributed by atoms with E-state index in [9.17, 15) is 57.6 Å². The highest BCUT2D eigenvalue weighted by atomic mass is 127. The van der Waals surface area contributed by atoms with Crippen LogP contribution in [-0.2, 0) is 53.3 Å². The number of anilines is 11. The van der Waals surface area contributed by atoms with Gasteiger partial charge in [-0.25, -0.2) is 58.0 Å². The third-order valence-electron chi connectivity index (χ3n) is 18.2. The molecule has 137 heavy (non-hydrogen) atoms. The SMILES string of the molecule is CCN(CC)CCNC(=O)c1cccc2c(Cl)c3ccccc3nc12.CCN(CC)CCNC(=O)c1cccc2c(Nc3cc(I)c(NS(C)(=O)=O)cc3OC)c3ccccc3nc12.CCOC(=O)Nc1cc(I)c(N)cc1OC.CCOC(=O)Nc1cc(I)c(NS(C)(=O)=O)cc1OC.CCOC(=O)Nc1ccc(N)cc1OC.COc1cc(NS(C)(=O)=O)c(I)cc1N.CS(=O)(=O)Cl.Cl.Cl. The molecule has 0 radical (unpaired) electrons. The summed E-state index contributed by atoms with van der Waals surface area (Å²) in [6.07, 6.45) is 2.54. The number of likely N-dealkylation sites (N-methyl/N-ethyl adjacent to an activating group) is 2. The second-order valence-electron chi connectivity index (χ2n) is 28.1. The molecule has 0 saturated carbocycles. The van der Waals surface area contributed by atoms with E-state index < -0.39 is 57.4 Å². The normalized spacial score (nSPS) is 10.8. The second kappa shape index (κ2) is 59.1. The molecule has 11 rings (SSSR count). The van der Waals surface area contributed by atoms with E-state index in [1.165, 1.54) is 41.6 Å². The number of ether oxygens (including phenoxy) is 8. The average Bonchev–Trinajstić information content (AvgIpc) is 0.746. The van der Waals surface area contributed by atoms with Crippen LogP contribution in [-0.4, -0.2) is 216 Å². The Morgan fingerprint density at radius 1 is 0.394 bits per heavy atom. The fraction of sp³-hybridized carbons (Fsp3) is 0.307. The molecule has 49 heteroatoms. The Kier molecular flexibility index (Phi) is 52.5. The molecule has 0 fully saturated rings. The Morgan fingerprint density at radius 2 is 0.737 bits per heavy atom. The summed E-state index contributed by atoms with van der Waals surface area (Å²) in [6.45, 7) is 21.1. The second-order valence-corrected chi connectivity index (χ2v) is 41.4. The van der Waals surface area contributed by atoms with E-state index in [0.717, 1.165) is 110 Å². The van der Waals surface area contributed by atoms with E-state index in [0.29, 0.717) is 146 Å². The van der Waals surface area contributed by atoms with Gasteiger partial charge in [-0.05, 0) is 198 Å². The fourth-order valence-corrected chi connectivity index (χ4v) is 16.9. The summed E-state index contributed by atoms with van der Waals surface area (Å²) in [5.74, 6) is 1.95. The van der Waals surface area contributed by atoms with Gasteiger partial charge >= 0.3 is 18.3 Å². The Bertz CT molecular complexity index is 6450. The minimum absolute atomic E-state index is 0. The Hall–Kier alpha value is -9.53. The molecule has 750 valence electrons. The van der Waals surface area contributed by atoms with Crippen molar-refractivity contribution in [3.8, 4) is 28.7 Å². The molecule has 0 atom stereocenters. The molecular weight excluding hydrogens is 2390 g/mol. The van der Waals surface area contributed by atoms with E-state index in [1.54, 1.807) is 87.5 Å². The predicted molar refractivity (Wildman–Crippen MR) is 589 cm³/mol. The molecule has 15 N–H and O–H groups in total. The van der Waals surface area contributed by atoms with Gasteiger partial charge in [-0.1, -0.05) is 100.0 Å². The van der Waals surface area contributed by atoms with Crippen molar-refractivity contribution in [2.45, 2.75) is 48.5 Å². The lowest BCUT2D eigenvalue weighted by Gasteiger charge is -2.19. The average molecular weight is 2510 g/mol. The third kappa shape index (κ3) is 40.7. The molecule has 2 heterocycles. The zero-order chi connectivity index (χ0) is 101. The molecule has 0 aliphatic heterocycles. The van der Waals surface area contributed by atoms with Crippen LogP contribution >= 0.6 is 137 Å². The maximum Gasteiger partial charge on any atom is 0.411 e. The number of methoxy groups -OCH3 is 5. The third-order valence-corrected chi connectivity index (χ3v) is 24.0. The van der Waals surface area contributed by atoms with Crippen molar-refractivity contribution in [1.82, 2.24) is 30.4 Å². The van der Waals surface area contributed by atoms with Crippen LogP contribution in [0.15, 0.2) is 152 Å². The lowest BCUT2D eigenvalue weighted by molar-refractivity contribution is 0.0942. The summed E-state index contributed by atoms with van der Waals surface area (Å²) >= 11 is 14.7. The van der Waals surface area contributed by atoms with Gasteiger partial charge in [0.15, 0.2) is 0 Å². The van der Waals surface area contributed by atoms with E-state index in [4.69, 9.17) is 71.7 Å². The molecule has 11 aromatic rings. The fourth-order valence-electron chi connectivity index (χ4n) is 12.0. The lowest BCUT2D eigenvalue weighted by Crippen LogP contribution is -2.34. The summed E-state index contributed by atoms with van der Waals surface area (Å²) in [6, 6.07) is 44.6. The van der Waals surface area contributed by atoms with Gasteiger partial charge in [-0.2, -0.15) is 0 Å². The number of carbonyl (C=O) groups excluding carboxylic acids is 5. The number of fused-ring (bicyclic) bond motifs is 4. The van der Waals surface area contributed by atoms with Gasteiger partial charge in [0.25, 0.3) is 11.8 Å². The number of sulfonamides is 3. The summed E-state index contributed by atoms with van der Waals surface area (Å²) < 4.78 is 137. The van der Waals surface area contributed by atoms with Crippen LogP contribution in [0.1, 0.15) is 69.2 Å². The number of nitrogen functional groups attached to an aromatic ring is 3. The van der Waals surface area contributed by atoms with Gasteiger partial charge < -0.3 is 80.8 Å². The molecule has 0 aliphatic carbocycles. The van der Waals surface area contributed by atoms with Gasteiger partial charge in [0, 0.05) is 114 Å². The minimum atomic E-state index is -3.46. The van der Waals surface area contributed by atoms with Crippen LogP contribution in [0, 0.1) is 14.3 Å². The smallest absolute Gasteiger partial charge is 0.411 e. The van der Waals surface area contributed by atoms with Crippen LogP contribution in [0.3, 0.4) is 0 Å². The van der Waals surface area contributed by atoms with Crippen LogP contribution < -0.4 is 87.0 Å². The molecule has 2 aromatic heterocycles. The largest absolute Gasteiger partial charge is 0.495 e.